The minimum absolute atomic E-state index is 0.170. The van der Waals surface area contributed by atoms with Crippen LogP contribution in [0.4, 0.5) is 0 Å². The lowest BCUT2D eigenvalue weighted by molar-refractivity contribution is 0.0697. The van der Waals surface area contributed by atoms with E-state index in [9.17, 15) is 4.79 Å². The summed E-state index contributed by atoms with van der Waals surface area (Å²) >= 11 is 12.2. The number of benzene rings is 1. The Morgan fingerprint density at radius 1 is 1.12 bits per heavy atom. The van der Waals surface area contributed by atoms with Crippen molar-refractivity contribution in [1.29, 1.82) is 0 Å². The largest absolute Gasteiger partial charge is 0.438 e. The van der Waals surface area contributed by atoms with E-state index in [2.05, 4.69) is 9.97 Å². The zero-order valence-corrected chi connectivity index (χ0v) is 14.0. The molecule has 0 fully saturated rings. The first-order valence-corrected chi connectivity index (χ1v) is 7.89. The number of rotatable bonds is 5. The molecule has 0 atom stereocenters. The fourth-order valence-electron chi connectivity index (χ4n) is 2.24. The number of halogens is 2. The second-order valence-corrected chi connectivity index (χ2v) is 5.97. The van der Waals surface area contributed by atoms with E-state index in [4.69, 9.17) is 27.6 Å². The van der Waals surface area contributed by atoms with Crippen molar-refractivity contribution in [2.45, 2.75) is 13.1 Å². The van der Waals surface area contributed by atoms with Crippen LogP contribution in [0.3, 0.4) is 0 Å². The van der Waals surface area contributed by atoms with Gasteiger partial charge in [0.15, 0.2) is 6.39 Å². The maximum atomic E-state index is 12.7. The van der Waals surface area contributed by atoms with Crippen molar-refractivity contribution in [3.05, 3.63) is 82.2 Å². The van der Waals surface area contributed by atoms with Gasteiger partial charge in [-0.25, -0.2) is 4.98 Å². The molecule has 0 bridgehead atoms. The summed E-state index contributed by atoms with van der Waals surface area (Å²) in [5, 5.41) is 1.05. The first-order valence-electron chi connectivity index (χ1n) is 7.14. The molecule has 122 valence electrons. The van der Waals surface area contributed by atoms with Gasteiger partial charge >= 0.3 is 0 Å². The van der Waals surface area contributed by atoms with Crippen molar-refractivity contribution in [3.63, 3.8) is 0 Å². The molecule has 0 aliphatic rings. The van der Waals surface area contributed by atoms with E-state index < -0.39 is 0 Å². The van der Waals surface area contributed by atoms with E-state index in [0.29, 0.717) is 23.1 Å². The van der Waals surface area contributed by atoms with Crippen LogP contribution in [0.25, 0.3) is 0 Å². The summed E-state index contributed by atoms with van der Waals surface area (Å²) in [5.74, 6) is -0.105. The molecule has 0 saturated carbocycles. The number of hydrogen-bond acceptors (Lipinski definition) is 4. The first-order chi connectivity index (χ1) is 11.6. The van der Waals surface area contributed by atoms with Crippen LogP contribution in [-0.4, -0.2) is 20.8 Å². The summed E-state index contributed by atoms with van der Waals surface area (Å²) in [6, 6.07) is 8.91. The molecular formula is C17H13Cl2N3O2. The SMILES string of the molecule is O=C(c1cnco1)N(Cc1cccnc1)Cc1ccc(Cl)cc1Cl. The van der Waals surface area contributed by atoms with Gasteiger partial charge in [-0.15, -0.1) is 0 Å². The Balaban J connectivity index is 1.87. The van der Waals surface area contributed by atoms with Crippen LogP contribution >= 0.6 is 23.2 Å². The number of nitrogens with zero attached hydrogens (tertiary/aromatic N) is 3. The molecule has 3 aromatic rings. The normalized spacial score (nSPS) is 10.6. The molecule has 0 spiro atoms. The number of hydrogen-bond donors (Lipinski definition) is 0. The second kappa shape index (κ2) is 7.47. The molecule has 0 N–H and O–H groups in total. The maximum Gasteiger partial charge on any atom is 0.291 e. The minimum atomic E-state index is -0.276. The number of carbonyl (C=O) groups is 1. The van der Waals surface area contributed by atoms with Crippen LogP contribution in [0.2, 0.25) is 10.0 Å². The Morgan fingerprint density at radius 3 is 2.67 bits per heavy atom. The third kappa shape index (κ3) is 3.93. The summed E-state index contributed by atoms with van der Waals surface area (Å²) in [5.41, 5.74) is 1.69. The smallest absolute Gasteiger partial charge is 0.291 e. The molecule has 0 saturated heterocycles. The van der Waals surface area contributed by atoms with Crippen molar-refractivity contribution in [3.8, 4) is 0 Å². The molecule has 2 heterocycles. The standard InChI is InChI=1S/C17H13Cl2N3O2/c18-14-4-3-13(15(19)6-14)10-22(9-12-2-1-5-20-7-12)17(23)16-8-21-11-24-16/h1-8,11H,9-10H2. The Morgan fingerprint density at radius 2 is 2.00 bits per heavy atom. The maximum absolute atomic E-state index is 12.7. The number of carbonyl (C=O) groups excluding carboxylic acids is 1. The Kier molecular flexibility index (Phi) is 5.13. The molecule has 0 aliphatic carbocycles. The molecular weight excluding hydrogens is 349 g/mol. The van der Waals surface area contributed by atoms with E-state index in [1.54, 1.807) is 35.5 Å². The van der Waals surface area contributed by atoms with Crippen molar-refractivity contribution >= 4 is 29.1 Å². The lowest BCUT2D eigenvalue weighted by atomic mass is 10.2. The molecule has 5 nitrogen and oxygen atoms in total. The number of amides is 1. The van der Waals surface area contributed by atoms with Crippen LogP contribution < -0.4 is 0 Å². The summed E-state index contributed by atoms with van der Waals surface area (Å²) in [6.07, 6.45) is 6.01. The van der Waals surface area contributed by atoms with Gasteiger partial charge in [-0.3, -0.25) is 9.78 Å². The predicted octanol–water partition coefficient (Wildman–Crippen LogP) is 4.22. The fourth-order valence-corrected chi connectivity index (χ4v) is 2.71. The molecule has 7 heteroatoms. The van der Waals surface area contributed by atoms with Crippen molar-refractivity contribution in [2.75, 3.05) is 0 Å². The lowest BCUT2D eigenvalue weighted by Gasteiger charge is -2.22. The molecule has 2 aromatic heterocycles. The van der Waals surface area contributed by atoms with Crippen LogP contribution in [0.1, 0.15) is 21.7 Å². The van der Waals surface area contributed by atoms with Crippen molar-refractivity contribution in [1.82, 2.24) is 14.9 Å². The second-order valence-electron chi connectivity index (χ2n) is 5.12. The molecule has 0 aliphatic heterocycles. The highest BCUT2D eigenvalue weighted by molar-refractivity contribution is 6.35. The van der Waals surface area contributed by atoms with Gasteiger partial charge in [0.05, 0.1) is 6.20 Å². The van der Waals surface area contributed by atoms with Crippen molar-refractivity contribution in [2.24, 2.45) is 0 Å². The molecule has 24 heavy (non-hydrogen) atoms. The van der Waals surface area contributed by atoms with Gasteiger partial charge < -0.3 is 9.32 Å². The summed E-state index contributed by atoms with van der Waals surface area (Å²) in [7, 11) is 0. The number of aromatic nitrogens is 2. The molecule has 0 unspecified atom stereocenters. The van der Waals surface area contributed by atoms with Gasteiger partial charge in [-0.05, 0) is 29.3 Å². The lowest BCUT2D eigenvalue weighted by Crippen LogP contribution is -2.30. The Labute approximate surface area is 148 Å². The molecule has 1 amide bonds. The third-order valence-corrected chi connectivity index (χ3v) is 3.99. The van der Waals surface area contributed by atoms with Crippen LogP contribution in [0, 0.1) is 0 Å². The van der Waals surface area contributed by atoms with Gasteiger partial charge in [0.2, 0.25) is 5.76 Å². The highest BCUT2D eigenvalue weighted by Gasteiger charge is 2.20. The summed E-state index contributed by atoms with van der Waals surface area (Å²) in [6.45, 7) is 0.677. The van der Waals surface area contributed by atoms with Crippen LogP contribution in [0.5, 0.6) is 0 Å². The van der Waals surface area contributed by atoms with Crippen molar-refractivity contribution < 1.29 is 9.21 Å². The van der Waals surface area contributed by atoms with Gasteiger partial charge in [0.25, 0.3) is 5.91 Å². The molecule has 0 radical (unpaired) electrons. The Hall–Kier alpha value is -2.37. The average Bonchev–Trinajstić information content (AvgIpc) is 3.11. The number of oxazole rings is 1. The van der Waals surface area contributed by atoms with Gasteiger partial charge in [-0.2, -0.15) is 0 Å². The first kappa shape index (κ1) is 16.5. The van der Waals surface area contributed by atoms with E-state index >= 15 is 0 Å². The van der Waals surface area contributed by atoms with Crippen LogP contribution in [0.15, 0.2) is 59.7 Å². The third-order valence-electron chi connectivity index (χ3n) is 3.40. The highest BCUT2D eigenvalue weighted by atomic mass is 35.5. The summed E-state index contributed by atoms with van der Waals surface area (Å²) in [4.78, 5) is 22.2. The van der Waals surface area contributed by atoms with Gasteiger partial charge in [0.1, 0.15) is 0 Å². The number of pyridine rings is 1. The zero-order chi connectivity index (χ0) is 16.9. The predicted molar refractivity (Wildman–Crippen MR) is 90.8 cm³/mol. The minimum Gasteiger partial charge on any atom is -0.438 e. The van der Waals surface area contributed by atoms with Gasteiger partial charge in [0, 0.05) is 35.5 Å². The topological polar surface area (TPSA) is 59.2 Å². The zero-order valence-electron chi connectivity index (χ0n) is 12.5. The van der Waals surface area contributed by atoms with E-state index in [1.165, 1.54) is 12.6 Å². The summed E-state index contributed by atoms with van der Waals surface area (Å²) < 4.78 is 5.13. The Bertz CT molecular complexity index is 823. The van der Waals surface area contributed by atoms with E-state index in [1.807, 2.05) is 12.1 Å². The quantitative estimate of drug-likeness (QED) is 0.682. The highest BCUT2D eigenvalue weighted by Crippen LogP contribution is 2.23. The monoisotopic (exact) mass is 361 g/mol. The van der Waals surface area contributed by atoms with Crippen LogP contribution in [-0.2, 0) is 13.1 Å². The average molecular weight is 362 g/mol. The molecule has 1 aromatic carbocycles. The van der Waals surface area contributed by atoms with E-state index in [-0.39, 0.29) is 11.7 Å². The van der Waals surface area contributed by atoms with E-state index in [0.717, 1.165) is 11.1 Å². The fraction of sp³-hybridized carbons (Fsp3) is 0.118. The molecule has 3 rings (SSSR count). The van der Waals surface area contributed by atoms with Gasteiger partial charge in [-0.1, -0.05) is 35.3 Å².